The van der Waals surface area contributed by atoms with E-state index >= 15 is 0 Å². The molecule has 0 aromatic heterocycles. The van der Waals surface area contributed by atoms with Gasteiger partial charge in [0.25, 0.3) is 0 Å². The van der Waals surface area contributed by atoms with Crippen molar-refractivity contribution in [3.63, 3.8) is 0 Å². The van der Waals surface area contributed by atoms with Gasteiger partial charge in [-0.15, -0.1) is 0 Å². The third-order valence-electron chi connectivity index (χ3n) is 13.7. The minimum atomic E-state index is 0.251. The number of carbonyl (C=O) groups is 1. The zero-order valence-corrected chi connectivity index (χ0v) is 31.2. The summed E-state index contributed by atoms with van der Waals surface area (Å²) in [6, 6.07) is 1.41. The molecule has 0 aromatic rings. The lowest BCUT2D eigenvalue weighted by Crippen LogP contribution is -2.53. The monoisotopic (exact) mass is 624 g/mol. The van der Waals surface area contributed by atoms with Gasteiger partial charge in [0.05, 0.1) is 0 Å². The number of nitrogens with zero attached hydrogens (tertiary/aromatic N) is 1. The van der Waals surface area contributed by atoms with Crippen molar-refractivity contribution < 1.29 is 4.79 Å². The second-order valence-corrected chi connectivity index (χ2v) is 17.4. The Balaban J connectivity index is 0.000000448. The van der Waals surface area contributed by atoms with Gasteiger partial charge in [0, 0.05) is 30.6 Å². The largest absolute Gasteiger partial charge is 0.330 e. The first-order chi connectivity index (χ1) is 21.3. The number of carbonyl (C=O) groups excluding carboxylic acids is 1. The number of unbranched alkanes of at least 4 members (excludes halogenated alkanes) is 2. The number of hydrogen-bond donors (Lipinski definition) is 2. The Kier molecular flexibility index (Phi) is 12.7. The van der Waals surface area contributed by atoms with E-state index in [0.29, 0.717) is 16.9 Å². The van der Waals surface area contributed by atoms with Crippen molar-refractivity contribution in [2.75, 3.05) is 19.6 Å². The van der Waals surface area contributed by atoms with Crippen molar-refractivity contribution in [1.29, 1.82) is 0 Å². The molecular formula is C41H73N3O. The number of fused-ring (bicyclic) bond motifs is 2. The average molecular weight is 624 g/mol. The van der Waals surface area contributed by atoms with Crippen molar-refractivity contribution in [3.8, 4) is 0 Å². The first-order valence-electron chi connectivity index (χ1n) is 19.4. The van der Waals surface area contributed by atoms with Crippen LogP contribution in [0.2, 0.25) is 0 Å². The van der Waals surface area contributed by atoms with Crippen LogP contribution in [-0.4, -0.2) is 47.9 Å². The van der Waals surface area contributed by atoms with Crippen molar-refractivity contribution >= 4 is 5.78 Å². The molecule has 8 atom stereocenters. The van der Waals surface area contributed by atoms with Crippen LogP contribution >= 0.6 is 0 Å². The molecule has 5 rings (SSSR count). The van der Waals surface area contributed by atoms with Crippen LogP contribution in [0, 0.1) is 34.5 Å². The summed E-state index contributed by atoms with van der Waals surface area (Å²) in [5.41, 5.74) is 11.8. The molecule has 3 aliphatic carbocycles. The number of allylic oxidation sites excluding steroid dienone is 3. The lowest BCUT2D eigenvalue weighted by molar-refractivity contribution is -0.117. The predicted molar refractivity (Wildman–Crippen MR) is 193 cm³/mol. The van der Waals surface area contributed by atoms with Crippen LogP contribution in [0.1, 0.15) is 159 Å². The molecule has 2 heterocycles. The summed E-state index contributed by atoms with van der Waals surface area (Å²) in [5, 5.41) is 4.36. The number of piperidine rings is 1. The van der Waals surface area contributed by atoms with Crippen LogP contribution in [-0.2, 0) is 4.79 Å². The molecule has 0 radical (unpaired) electrons. The number of likely N-dealkylation sites (tertiary alicyclic amines) is 1. The molecule has 45 heavy (non-hydrogen) atoms. The zero-order valence-electron chi connectivity index (χ0n) is 31.2. The second-order valence-electron chi connectivity index (χ2n) is 17.4. The van der Waals surface area contributed by atoms with E-state index in [1.165, 1.54) is 83.7 Å². The van der Waals surface area contributed by atoms with Gasteiger partial charge in [0.15, 0.2) is 0 Å². The van der Waals surface area contributed by atoms with Crippen LogP contribution < -0.4 is 11.1 Å². The number of Topliss-reactive ketones (excluding diaryl/α,β-unsaturated/α-hetero) is 1. The molecule has 1 spiro atoms. The van der Waals surface area contributed by atoms with Crippen molar-refractivity contribution in [2.45, 2.75) is 176 Å². The summed E-state index contributed by atoms with van der Waals surface area (Å²) >= 11 is 0. The van der Waals surface area contributed by atoms with E-state index in [9.17, 15) is 4.79 Å². The number of nitrogens with two attached hydrogens (primary N) is 1. The van der Waals surface area contributed by atoms with Crippen LogP contribution in [0.3, 0.4) is 0 Å². The summed E-state index contributed by atoms with van der Waals surface area (Å²) in [6.07, 6.45) is 21.6. The number of nitrogens with one attached hydrogen (secondary N) is 1. The highest BCUT2D eigenvalue weighted by atomic mass is 16.1. The van der Waals surface area contributed by atoms with Gasteiger partial charge < -0.3 is 15.8 Å². The highest BCUT2D eigenvalue weighted by Crippen LogP contribution is 2.59. The molecule has 0 amide bonds. The average Bonchev–Trinajstić information content (AvgIpc) is 3.47. The van der Waals surface area contributed by atoms with Gasteiger partial charge in [0.2, 0.25) is 0 Å². The van der Waals surface area contributed by atoms with Crippen molar-refractivity contribution in [1.82, 2.24) is 10.2 Å². The van der Waals surface area contributed by atoms with E-state index in [1.807, 2.05) is 5.57 Å². The number of ketones is 1. The van der Waals surface area contributed by atoms with E-state index in [0.717, 1.165) is 61.9 Å². The first-order valence-corrected chi connectivity index (χ1v) is 19.4. The molecule has 5 aliphatic rings. The van der Waals surface area contributed by atoms with Crippen LogP contribution in [0.4, 0.5) is 0 Å². The molecule has 4 heteroatoms. The summed E-state index contributed by atoms with van der Waals surface area (Å²) in [7, 11) is 0. The number of hydrogen-bond acceptors (Lipinski definition) is 4. The molecule has 0 aromatic carbocycles. The Morgan fingerprint density at radius 1 is 1.07 bits per heavy atom. The summed E-state index contributed by atoms with van der Waals surface area (Å²) < 4.78 is 0. The van der Waals surface area contributed by atoms with Crippen LogP contribution in [0.15, 0.2) is 22.8 Å². The zero-order chi connectivity index (χ0) is 33.0. The maximum Gasteiger partial charge on any atom is 0.129 e. The summed E-state index contributed by atoms with van der Waals surface area (Å²) in [5.74, 6) is 3.54. The van der Waals surface area contributed by atoms with E-state index in [4.69, 9.17) is 5.73 Å². The normalized spacial score (nSPS) is 38.7. The summed E-state index contributed by atoms with van der Waals surface area (Å²) in [4.78, 5) is 13.2. The van der Waals surface area contributed by atoms with E-state index in [-0.39, 0.29) is 11.3 Å². The topological polar surface area (TPSA) is 58.4 Å². The van der Waals surface area contributed by atoms with Gasteiger partial charge in [0.1, 0.15) is 5.78 Å². The Morgan fingerprint density at radius 3 is 2.49 bits per heavy atom. The second kappa shape index (κ2) is 15.5. The smallest absolute Gasteiger partial charge is 0.129 e. The lowest BCUT2D eigenvalue weighted by Gasteiger charge is -2.46. The summed E-state index contributed by atoms with van der Waals surface area (Å²) in [6.45, 7) is 25.0. The molecule has 2 aliphatic heterocycles. The fourth-order valence-corrected chi connectivity index (χ4v) is 10.7. The molecule has 2 saturated heterocycles. The van der Waals surface area contributed by atoms with E-state index < -0.39 is 0 Å². The van der Waals surface area contributed by atoms with Gasteiger partial charge in [-0.3, -0.25) is 4.90 Å². The van der Waals surface area contributed by atoms with E-state index in [2.05, 4.69) is 71.7 Å². The van der Waals surface area contributed by atoms with Gasteiger partial charge in [-0.05, 0) is 138 Å². The molecule has 2 saturated carbocycles. The Hall–Kier alpha value is -0.970. The van der Waals surface area contributed by atoms with Gasteiger partial charge in [-0.2, -0.15) is 0 Å². The standard InChI is InChI=1S/C34H58N2.C7H15NO/c1-9-19-36-22-23(3)20-30-31(36)25(5)34(35-30)18-14-29-28(24(34)4)13-17-33(29,8)16-12-27-21-26(10-2)11-15-32(27,6)7;1-7(9)5-3-2-4-6-8/h12,23,25-26,29-31,35H,9-11,13-22H2,1-8H3;2-6,8H2,1H3/b27-12-;/t23?,25-,26?,29?,30?,31?,33?,34?;/m1./s1. The SMILES string of the molecule is CC(=O)CCCCCN.CCCN1CC(C)CC2NC3(CCC4C(=C3C)CCC4(C)C/C=C3/CC(CC)CCC3(C)C)[C@H](C)C21. The third kappa shape index (κ3) is 8.02. The third-order valence-corrected chi connectivity index (χ3v) is 13.7. The Bertz CT molecular complexity index is 1060. The van der Waals surface area contributed by atoms with Gasteiger partial charge in [-0.25, -0.2) is 0 Å². The minimum absolute atomic E-state index is 0.251. The van der Waals surface area contributed by atoms with Crippen molar-refractivity contribution in [3.05, 3.63) is 22.8 Å². The lowest BCUT2D eigenvalue weighted by atomic mass is 9.62. The van der Waals surface area contributed by atoms with Gasteiger partial charge >= 0.3 is 0 Å². The fourth-order valence-electron chi connectivity index (χ4n) is 10.7. The van der Waals surface area contributed by atoms with Crippen LogP contribution in [0.5, 0.6) is 0 Å². The number of rotatable bonds is 10. The quantitative estimate of drug-likeness (QED) is 0.188. The maximum atomic E-state index is 10.4. The van der Waals surface area contributed by atoms with Gasteiger partial charge in [-0.1, -0.05) is 84.1 Å². The first kappa shape index (κ1) is 36.9. The predicted octanol–water partition coefficient (Wildman–Crippen LogP) is 9.63. The highest BCUT2D eigenvalue weighted by molar-refractivity contribution is 5.75. The molecule has 4 nitrogen and oxygen atoms in total. The minimum Gasteiger partial charge on any atom is -0.330 e. The molecule has 0 bridgehead atoms. The van der Waals surface area contributed by atoms with Crippen molar-refractivity contribution in [2.24, 2.45) is 40.2 Å². The molecule has 258 valence electrons. The highest BCUT2D eigenvalue weighted by Gasteiger charge is 2.58. The molecular weight excluding hydrogens is 550 g/mol. The van der Waals surface area contributed by atoms with E-state index in [1.54, 1.807) is 18.1 Å². The Morgan fingerprint density at radius 2 is 1.82 bits per heavy atom. The molecule has 7 unspecified atom stereocenters. The molecule has 4 fully saturated rings. The van der Waals surface area contributed by atoms with Crippen LogP contribution in [0.25, 0.3) is 0 Å². The Labute approximate surface area is 279 Å². The molecule has 3 N–H and O–H groups in total. The fraction of sp³-hybridized carbons (Fsp3) is 0.878. The maximum absolute atomic E-state index is 10.4.